The van der Waals surface area contributed by atoms with E-state index in [9.17, 15) is 0 Å². The van der Waals surface area contributed by atoms with Crippen LogP contribution in [0.2, 0.25) is 0 Å². The predicted molar refractivity (Wildman–Crippen MR) is 25.2 cm³/mol. The van der Waals surface area contributed by atoms with E-state index in [0.717, 1.165) is 6.42 Å². The average Bonchev–Trinajstić information content (AvgIpc) is 1.61. The van der Waals surface area contributed by atoms with Crippen molar-refractivity contribution in [2.75, 3.05) is 0 Å². The van der Waals surface area contributed by atoms with Gasteiger partial charge in [0.25, 0.3) is 0 Å². The summed E-state index contributed by atoms with van der Waals surface area (Å²) in [7, 11) is 0. The molecule has 0 heteroatoms. The summed E-state index contributed by atoms with van der Waals surface area (Å²) < 4.78 is 0. The van der Waals surface area contributed by atoms with Crippen molar-refractivity contribution in [3.8, 4) is 17.8 Å². The van der Waals surface area contributed by atoms with E-state index < -0.39 is 0 Å². The van der Waals surface area contributed by atoms with Crippen LogP contribution >= 0.6 is 0 Å². The molecule has 0 heterocycles. The van der Waals surface area contributed by atoms with Gasteiger partial charge in [-0.25, -0.2) is 0 Å². The Balaban J connectivity index is 3.22. The van der Waals surface area contributed by atoms with Crippen LogP contribution in [0.15, 0.2) is 0 Å². The molecule has 0 unspecified atom stereocenters. The van der Waals surface area contributed by atoms with E-state index in [1.807, 2.05) is 12.8 Å². The summed E-state index contributed by atoms with van der Waals surface area (Å²) in [6.07, 6.45) is 7.09. The maximum atomic E-state index is 6.28. The molecule has 0 nitrogen and oxygen atoms in total. The van der Waals surface area contributed by atoms with Gasteiger partial charge in [-0.2, -0.15) is 0 Å². The molecule has 0 spiro atoms. The van der Waals surface area contributed by atoms with Gasteiger partial charge >= 0.3 is 37.5 Å². The third-order valence-electron chi connectivity index (χ3n) is 0.328. The first-order valence-corrected chi connectivity index (χ1v) is 1.81. The molecular weight excluding hydrogens is 72.1 g/mol. The Kier molecular flexibility index (Phi) is 3.86. The Morgan fingerprint density at radius 3 is 2.50 bits per heavy atom. The molecule has 6 heavy (non-hydrogen) atoms. The second-order valence-electron chi connectivity index (χ2n) is 0.780. The summed E-state index contributed by atoms with van der Waals surface area (Å²) in [6, 6.07) is 0. The first-order valence-electron chi connectivity index (χ1n) is 1.81. The molecule has 0 amide bonds. The third-order valence-corrected chi connectivity index (χ3v) is 0.328. The monoisotopic (exact) mass is 77.0 g/mol. The zero-order chi connectivity index (χ0) is 4.83. The van der Waals surface area contributed by atoms with Gasteiger partial charge in [-0.3, -0.25) is 0 Å². The Labute approximate surface area is 38.6 Å². The SMILES string of the molecule is [C+]#CC#CCC. The molecule has 0 atom stereocenters. The molecule has 0 rings (SSSR count). The van der Waals surface area contributed by atoms with Gasteiger partial charge in [0, 0.05) is 0 Å². The van der Waals surface area contributed by atoms with Crippen LogP contribution in [0.25, 0.3) is 0 Å². The van der Waals surface area contributed by atoms with Crippen molar-refractivity contribution in [2.45, 2.75) is 13.3 Å². The first-order chi connectivity index (χ1) is 2.91. The summed E-state index contributed by atoms with van der Waals surface area (Å²) in [4.78, 5) is 0. The van der Waals surface area contributed by atoms with Gasteiger partial charge in [0.1, 0.15) is 0 Å². The molecular formula is C6H5+. The van der Waals surface area contributed by atoms with Crippen molar-refractivity contribution in [3.05, 3.63) is 6.42 Å². The fourth-order valence-electron chi connectivity index (χ4n) is 0.133. The fraction of sp³-hybridized carbons (Fsp3) is 0.333. The van der Waals surface area contributed by atoms with Crippen LogP contribution in [0.5, 0.6) is 0 Å². The van der Waals surface area contributed by atoms with Crippen molar-refractivity contribution in [1.82, 2.24) is 0 Å². The average molecular weight is 77.1 g/mol. The Morgan fingerprint density at radius 2 is 2.33 bits per heavy atom. The molecule has 28 valence electrons. The molecule has 0 aliphatic carbocycles. The first kappa shape index (κ1) is 5.34. The molecule has 0 aromatic carbocycles. The van der Waals surface area contributed by atoms with E-state index in [1.165, 1.54) is 0 Å². The minimum absolute atomic E-state index is 0.811. The summed E-state index contributed by atoms with van der Waals surface area (Å²) in [5.41, 5.74) is 0. The van der Waals surface area contributed by atoms with Crippen LogP contribution in [-0.2, 0) is 0 Å². The second-order valence-corrected chi connectivity index (χ2v) is 0.780. The molecule has 0 N–H and O–H groups in total. The van der Waals surface area contributed by atoms with Crippen molar-refractivity contribution in [1.29, 1.82) is 0 Å². The third kappa shape index (κ3) is 3.34. The molecule has 0 radical (unpaired) electrons. The van der Waals surface area contributed by atoms with Crippen LogP contribution in [-0.4, -0.2) is 0 Å². The van der Waals surface area contributed by atoms with Gasteiger partial charge in [0.2, 0.25) is 0 Å². The van der Waals surface area contributed by atoms with Crippen molar-refractivity contribution in [3.63, 3.8) is 0 Å². The van der Waals surface area contributed by atoms with E-state index in [2.05, 4.69) is 11.8 Å². The van der Waals surface area contributed by atoms with Crippen LogP contribution in [0.4, 0.5) is 0 Å². The molecule has 0 aliphatic rings. The quantitative estimate of drug-likeness (QED) is 0.299. The molecule has 0 saturated heterocycles. The van der Waals surface area contributed by atoms with Gasteiger partial charge in [0.05, 0.1) is 0 Å². The zero-order valence-electron chi connectivity index (χ0n) is 3.71. The van der Waals surface area contributed by atoms with Crippen molar-refractivity contribution in [2.24, 2.45) is 0 Å². The van der Waals surface area contributed by atoms with Gasteiger partial charge < -0.3 is 0 Å². The van der Waals surface area contributed by atoms with Crippen LogP contribution < -0.4 is 0 Å². The van der Waals surface area contributed by atoms with Crippen molar-refractivity contribution < 1.29 is 0 Å². The van der Waals surface area contributed by atoms with E-state index in [4.69, 9.17) is 6.42 Å². The predicted octanol–water partition coefficient (Wildman–Crippen LogP) is 0.990. The summed E-state index contributed by atoms with van der Waals surface area (Å²) in [6.45, 7) is 1.93. The number of hydrogen-bond donors (Lipinski definition) is 0. The van der Waals surface area contributed by atoms with E-state index in [0.29, 0.717) is 0 Å². The summed E-state index contributed by atoms with van der Waals surface area (Å²) in [5.74, 6) is 6.97. The minimum atomic E-state index is 0.811. The molecule has 0 bridgehead atoms. The normalized spacial score (nSPS) is 5.17. The molecule has 0 fully saturated rings. The van der Waals surface area contributed by atoms with Crippen LogP contribution in [0.1, 0.15) is 13.3 Å². The summed E-state index contributed by atoms with van der Waals surface area (Å²) >= 11 is 0. The van der Waals surface area contributed by atoms with Gasteiger partial charge in [-0.15, -0.1) is 0 Å². The topological polar surface area (TPSA) is 0 Å². The van der Waals surface area contributed by atoms with E-state index in [-0.39, 0.29) is 0 Å². The number of hydrogen-bond acceptors (Lipinski definition) is 0. The molecule has 0 aromatic heterocycles. The number of rotatable bonds is 0. The van der Waals surface area contributed by atoms with Crippen LogP contribution in [0.3, 0.4) is 0 Å². The zero-order valence-corrected chi connectivity index (χ0v) is 3.71. The molecule has 0 saturated carbocycles. The summed E-state index contributed by atoms with van der Waals surface area (Å²) in [5, 5.41) is 0. The van der Waals surface area contributed by atoms with Crippen molar-refractivity contribution >= 4 is 0 Å². The van der Waals surface area contributed by atoms with E-state index in [1.54, 1.807) is 0 Å². The Morgan fingerprint density at radius 1 is 1.67 bits per heavy atom. The fourth-order valence-corrected chi connectivity index (χ4v) is 0.133. The Hall–Kier alpha value is -0.660. The standard InChI is InChI=1S/C6H5/c1-3-5-6-4-2/h3H2,1H3/q+1. The van der Waals surface area contributed by atoms with E-state index >= 15 is 0 Å². The second kappa shape index (κ2) is 4.34. The molecule has 0 aliphatic heterocycles. The molecule has 0 aromatic rings. The van der Waals surface area contributed by atoms with Crippen LogP contribution in [0, 0.1) is 24.2 Å². The van der Waals surface area contributed by atoms with Gasteiger partial charge in [-0.1, -0.05) is 0 Å². The maximum absolute atomic E-state index is 6.28. The Bertz CT molecular complexity index is 104. The van der Waals surface area contributed by atoms with Gasteiger partial charge in [0.15, 0.2) is 0 Å². The van der Waals surface area contributed by atoms with Gasteiger partial charge in [-0.05, 0) is 0 Å².